The van der Waals surface area contributed by atoms with Gasteiger partial charge in [0.1, 0.15) is 5.82 Å². The summed E-state index contributed by atoms with van der Waals surface area (Å²) in [6.45, 7) is 1.35. The average Bonchev–Trinajstić information content (AvgIpc) is 2.61. The van der Waals surface area contributed by atoms with Gasteiger partial charge in [0.25, 0.3) is 5.91 Å². The number of anilines is 2. The second-order valence-corrected chi connectivity index (χ2v) is 8.16. The van der Waals surface area contributed by atoms with Crippen LogP contribution in [0.25, 0.3) is 0 Å². The van der Waals surface area contributed by atoms with Crippen LogP contribution in [0.2, 0.25) is 0 Å². The van der Waals surface area contributed by atoms with Crippen LogP contribution < -0.4 is 10.2 Å². The van der Waals surface area contributed by atoms with Crippen molar-refractivity contribution in [3.63, 3.8) is 0 Å². The highest BCUT2D eigenvalue weighted by molar-refractivity contribution is 7.89. The minimum Gasteiger partial charge on any atom is -0.320 e. The molecule has 0 fully saturated rings. The Kier molecular flexibility index (Phi) is 5.97. The van der Waals surface area contributed by atoms with Crippen LogP contribution in [0.15, 0.2) is 47.4 Å². The average molecular weight is 393 g/mol. The van der Waals surface area contributed by atoms with Crippen molar-refractivity contribution < 1.29 is 22.4 Å². The Balaban J connectivity index is 2.31. The van der Waals surface area contributed by atoms with Gasteiger partial charge in [-0.15, -0.1) is 0 Å². The highest BCUT2D eigenvalue weighted by Crippen LogP contribution is 2.27. The zero-order valence-electron chi connectivity index (χ0n) is 15.4. The van der Waals surface area contributed by atoms with Gasteiger partial charge in [-0.05, 0) is 42.5 Å². The first-order valence-corrected chi connectivity index (χ1v) is 9.36. The number of carbonyl (C=O) groups is 2. The third-order valence-electron chi connectivity index (χ3n) is 3.94. The number of rotatable bonds is 5. The van der Waals surface area contributed by atoms with Gasteiger partial charge in [0, 0.05) is 33.6 Å². The number of nitrogens with zero attached hydrogens (tertiary/aromatic N) is 2. The topological polar surface area (TPSA) is 86.8 Å². The normalized spacial score (nSPS) is 11.3. The van der Waals surface area contributed by atoms with Crippen molar-refractivity contribution in [2.75, 3.05) is 31.4 Å². The van der Waals surface area contributed by atoms with Crippen LogP contribution in [0.1, 0.15) is 17.3 Å². The Labute approximate surface area is 157 Å². The Morgan fingerprint density at radius 2 is 1.59 bits per heavy atom. The Morgan fingerprint density at radius 1 is 1.00 bits per heavy atom. The number of hydrogen-bond acceptors (Lipinski definition) is 4. The number of sulfonamides is 1. The molecule has 0 heterocycles. The molecule has 2 aromatic carbocycles. The first kappa shape index (κ1) is 20.5. The molecule has 27 heavy (non-hydrogen) atoms. The third kappa shape index (κ3) is 4.50. The summed E-state index contributed by atoms with van der Waals surface area (Å²) in [6, 6.07) is 9.04. The lowest BCUT2D eigenvalue weighted by molar-refractivity contribution is -0.116. The molecule has 0 atom stereocenters. The summed E-state index contributed by atoms with van der Waals surface area (Å²) in [7, 11) is 0.722. The second kappa shape index (κ2) is 7.85. The molecule has 0 saturated carbocycles. The van der Waals surface area contributed by atoms with Gasteiger partial charge < -0.3 is 10.2 Å². The maximum Gasteiger partial charge on any atom is 0.255 e. The SMILES string of the molecule is CC(=O)N(C)c1ccc(F)cc1NC(=O)c1ccc(S(=O)(=O)N(C)C)cc1. The fourth-order valence-corrected chi connectivity index (χ4v) is 3.16. The highest BCUT2D eigenvalue weighted by atomic mass is 32.2. The summed E-state index contributed by atoms with van der Waals surface area (Å²) in [5.74, 6) is -1.42. The van der Waals surface area contributed by atoms with Gasteiger partial charge in [0.2, 0.25) is 15.9 Å². The van der Waals surface area contributed by atoms with E-state index in [1.54, 1.807) is 0 Å². The van der Waals surface area contributed by atoms with Gasteiger partial charge in [-0.3, -0.25) is 9.59 Å². The fraction of sp³-hybridized carbons (Fsp3) is 0.222. The molecule has 0 aromatic heterocycles. The maximum absolute atomic E-state index is 13.6. The minimum atomic E-state index is -3.60. The van der Waals surface area contributed by atoms with Crippen molar-refractivity contribution in [2.24, 2.45) is 0 Å². The Bertz CT molecular complexity index is 973. The van der Waals surface area contributed by atoms with Crippen molar-refractivity contribution in [1.82, 2.24) is 4.31 Å². The quantitative estimate of drug-likeness (QED) is 0.845. The van der Waals surface area contributed by atoms with Crippen LogP contribution in [0.4, 0.5) is 15.8 Å². The molecule has 0 aliphatic heterocycles. The van der Waals surface area contributed by atoms with Crippen LogP contribution in [-0.2, 0) is 14.8 Å². The lowest BCUT2D eigenvalue weighted by Gasteiger charge is -2.19. The van der Waals surface area contributed by atoms with Gasteiger partial charge in [0.05, 0.1) is 16.3 Å². The number of benzene rings is 2. The molecule has 0 radical (unpaired) electrons. The summed E-state index contributed by atoms with van der Waals surface area (Å²) in [6.07, 6.45) is 0. The monoisotopic (exact) mass is 393 g/mol. The molecule has 144 valence electrons. The van der Waals surface area contributed by atoms with E-state index in [2.05, 4.69) is 5.32 Å². The Morgan fingerprint density at radius 3 is 2.11 bits per heavy atom. The van der Waals surface area contributed by atoms with Gasteiger partial charge in [0.15, 0.2) is 0 Å². The molecular formula is C18H20FN3O4S. The zero-order valence-corrected chi connectivity index (χ0v) is 16.2. The highest BCUT2D eigenvalue weighted by Gasteiger charge is 2.19. The molecule has 1 N–H and O–H groups in total. The van der Waals surface area contributed by atoms with E-state index in [1.165, 1.54) is 69.4 Å². The molecule has 0 saturated heterocycles. The predicted octanol–water partition coefficient (Wildman–Crippen LogP) is 2.31. The lowest BCUT2D eigenvalue weighted by Crippen LogP contribution is -2.25. The van der Waals surface area contributed by atoms with E-state index >= 15 is 0 Å². The number of carbonyl (C=O) groups excluding carboxylic acids is 2. The first-order chi connectivity index (χ1) is 12.5. The van der Waals surface area contributed by atoms with Gasteiger partial charge in [-0.25, -0.2) is 17.1 Å². The van der Waals surface area contributed by atoms with Gasteiger partial charge >= 0.3 is 0 Å². The third-order valence-corrected chi connectivity index (χ3v) is 5.76. The summed E-state index contributed by atoms with van der Waals surface area (Å²) in [5.41, 5.74) is 0.653. The maximum atomic E-state index is 13.6. The number of hydrogen-bond donors (Lipinski definition) is 1. The predicted molar refractivity (Wildman–Crippen MR) is 101 cm³/mol. The molecule has 0 unspecified atom stereocenters. The molecule has 7 nitrogen and oxygen atoms in total. The number of nitrogens with one attached hydrogen (secondary N) is 1. The summed E-state index contributed by atoms with van der Waals surface area (Å²) >= 11 is 0. The minimum absolute atomic E-state index is 0.0480. The van der Waals surface area contributed by atoms with Crippen LogP contribution in [0, 0.1) is 5.82 Å². The van der Waals surface area contributed by atoms with Crippen molar-refractivity contribution in [1.29, 1.82) is 0 Å². The van der Waals surface area contributed by atoms with E-state index in [0.717, 1.165) is 10.4 Å². The lowest BCUT2D eigenvalue weighted by atomic mass is 10.2. The standard InChI is InChI=1S/C18H20FN3O4S/c1-12(23)22(4)17-10-7-14(19)11-16(17)20-18(24)13-5-8-15(9-6-13)27(25,26)21(2)3/h5-11H,1-4H3,(H,20,24). The van der Waals surface area contributed by atoms with Crippen molar-refractivity contribution in [3.8, 4) is 0 Å². The Hall–Kier alpha value is -2.78. The molecule has 2 aromatic rings. The van der Waals surface area contributed by atoms with Crippen LogP contribution >= 0.6 is 0 Å². The summed E-state index contributed by atoms with van der Waals surface area (Å²) < 4.78 is 38.8. The van der Waals surface area contributed by atoms with E-state index < -0.39 is 21.7 Å². The van der Waals surface area contributed by atoms with E-state index in [1.807, 2.05) is 0 Å². The molecule has 2 rings (SSSR count). The van der Waals surface area contributed by atoms with E-state index in [4.69, 9.17) is 0 Å². The van der Waals surface area contributed by atoms with Crippen molar-refractivity contribution >= 4 is 33.2 Å². The van der Waals surface area contributed by atoms with Crippen LogP contribution in [0.3, 0.4) is 0 Å². The van der Waals surface area contributed by atoms with E-state index in [9.17, 15) is 22.4 Å². The molecule has 0 aliphatic carbocycles. The molecular weight excluding hydrogens is 373 g/mol. The zero-order chi connectivity index (χ0) is 20.4. The largest absolute Gasteiger partial charge is 0.320 e. The van der Waals surface area contributed by atoms with Gasteiger partial charge in [-0.2, -0.15) is 0 Å². The second-order valence-electron chi connectivity index (χ2n) is 6.01. The summed E-state index contributed by atoms with van der Waals surface area (Å²) in [4.78, 5) is 25.4. The first-order valence-electron chi connectivity index (χ1n) is 7.92. The number of halogens is 1. The van der Waals surface area contributed by atoms with Crippen molar-refractivity contribution in [3.05, 3.63) is 53.8 Å². The fourth-order valence-electron chi connectivity index (χ4n) is 2.25. The van der Waals surface area contributed by atoms with E-state index in [-0.39, 0.29) is 22.1 Å². The molecule has 2 amide bonds. The molecule has 0 aliphatic rings. The van der Waals surface area contributed by atoms with Crippen LogP contribution in [-0.4, -0.2) is 45.7 Å². The molecule has 9 heteroatoms. The van der Waals surface area contributed by atoms with E-state index in [0.29, 0.717) is 5.69 Å². The van der Waals surface area contributed by atoms with Crippen LogP contribution in [0.5, 0.6) is 0 Å². The summed E-state index contributed by atoms with van der Waals surface area (Å²) in [5, 5.41) is 2.55. The van der Waals surface area contributed by atoms with Gasteiger partial charge in [-0.1, -0.05) is 0 Å². The smallest absolute Gasteiger partial charge is 0.255 e. The number of amides is 2. The molecule has 0 spiro atoms. The van der Waals surface area contributed by atoms with Crippen molar-refractivity contribution in [2.45, 2.75) is 11.8 Å². The molecule has 0 bridgehead atoms.